The van der Waals surface area contributed by atoms with Gasteiger partial charge in [0.15, 0.2) is 0 Å². The molecule has 4 nitrogen and oxygen atoms in total. The topological polar surface area (TPSA) is 41.6 Å². The van der Waals surface area contributed by atoms with Gasteiger partial charge < -0.3 is 15.0 Å². The van der Waals surface area contributed by atoms with Crippen molar-refractivity contribution in [2.75, 3.05) is 26.2 Å². The molecule has 1 rings (SSSR count). The molecule has 0 aromatic carbocycles. The van der Waals surface area contributed by atoms with Gasteiger partial charge in [-0.15, -0.1) is 0 Å². The summed E-state index contributed by atoms with van der Waals surface area (Å²) < 4.78 is 4.95. The number of carbonyl (C=O) groups is 1. The Hall–Kier alpha value is -0.770. The molecular weight excluding hydrogens is 180 g/mol. The number of alkyl carbamates (subject to hydrolysis) is 1. The maximum atomic E-state index is 11.1. The van der Waals surface area contributed by atoms with Crippen LogP contribution in [0.1, 0.15) is 26.7 Å². The van der Waals surface area contributed by atoms with E-state index in [-0.39, 0.29) is 12.2 Å². The van der Waals surface area contributed by atoms with E-state index < -0.39 is 0 Å². The van der Waals surface area contributed by atoms with Crippen LogP contribution < -0.4 is 5.32 Å². The fraction of sp³-hybridized carbons (Fsp3) is 0.900. The second-order valence-corrected chi connectivity index (χ2v) is 3.93. The number of likely N-dealkylation sites (tertiary alicyclic amines) is 1. The number of nitrogens with zero attached hydrogens (tertiary/aromatic N) is 1. The SMILES string of the molecule is CC(C)OC(=O)NCCN1CCCC1. The molecule has 1 saturated heterocycles. The van der Waals surface area contributed by atoms with E-state index in [4.69, 9.17) is 4.74 Å². The first kappa shape index (κ1) is 11.3. The molecule has 1 N–H and O–H groups in total. The molecule has 0 atom stereocenters. The zero-order chi connectivity index (χ0) is 10.4. The van der Waals surface area contributed by atoms with E-state index in [0.29, 0.717) is 6.54 Å². The van der Waals surface area contributed by atoms with Gasteiger partial charge in [0.05, 0.1) is 6.10 Å². The Labute approximate surface area is 85.6 Å². The molecule has 0 aliphatic carbocycles. The fourth-order valence-electron chi connectivity index (χ4n) is 1.58. The van der Waals surface area contributed by atoms with Crippen molar-refractivity contribution in [3.05, 3.63) is 0 Å². The van der Waals surface area contributed by atoms with Crippen LogP contribution in [0.2, 0.25) is 0 Å². The first-order valence-corrected chi connectivity index (χ1v) is 5.35. The molecule has 1 amide bonds. The van der Waals surface area contributed by atoms with Gasteiger partial charge >= 0.3 is 6.09 Å². The van der Waals surface area contributed by atoms with Crippen molar-refractivity contribution >= 4 is 6.09 Å². The lowest BCUT2D eigenvalue weighted by molar-refractivity contribution is 0.115. The summed E-state index contributed by atoms with van der Waals surface area (Å²) in [5.41, 5.74) is 0. The van der Waals surface area contributed by atoms with E-state index in [1.165, 1.54) is 25.9 Å². The summed E-state index contributed by atoms with van der Waals surface area (Å²) in [6, 6.07) is 0. The lowest BCUT2D eigenvalue weighted by Gasteiger charge is -2.15. The molecule has 1 heterocycles. The van der Waals surface area contributed by atoms with Crippen molar-refractivity contribution in [3.8, 4) is 0 Å². The average molecular weight is 200 g/mol. The normalized spacial score (nSPS) is 17.4. The first-order valence-electron chi connectivity index (χ1n) is 5.35. The van der Waals surface area contributed by atoms with Gasteiger partial charge in [-0.1, -0.05) is 0 Å². The van der Waals surface area contributed by atoms with Gasteiger partial charge in [-0.2, -0.15) is 0 Å². The third kappa shape index (κ3) is 4.46. The number of carbonyl (C=O) groups excluding carboxylic acids is 1. The minimum atomic E-state index is -0.306. The van der Waals surface area contributed by atoms with Gasteiger partial charge in [0.2, 0.25) is 0 Å². The smallest absolute Gasteiger partial charge is 0.407 e. The minimum absolute atomic E-state index is 0.0400. The van der Waals surface area contributed by atoms with Crippen molar-refractivity contribution in [1.82, 2.24) is 10.2 Å². The van der Waals surface area contributed by atoms with Gasteiger partial charge in [-0.25, -0.2) is 4.79 Å². The first-order chi connectivity index (χ1) is 6.68. The highest BCUT2D eigenvalue weighted by molar-refractivity contribution is 5.67. The number of hydrogen-bond acceptors (Lipinski definition) is 3. The fourth-order valence-corrected chi connectivity index (χ4v) is 1.58. The molecule has 1 aliphatic rings. The van der Waals surface area contributed by atoms with Crippen LogP contribution in [0, 0.1) is 0 Å². The van der Waals surface area contributed by atoms with Gasteiger partial charge in [0, 0.05) is 13.1 Å². The third-order valence-electron chi connectivity index (χ3n) is 2.24. The molecule has 1 aliphatic heterocycles. The van der Waals surface area contributed by atoms with Crippen molar-refractivity contribution in [3.63, 3.8) is 0 Å². The second-order valence-electron chi connectivity index (χ2n) is 3.93. The highest BCUT2D eigenvalue weighted by Gasteiger charge is 2.11. The number of nitrogens with one attached hydrogen (secondary N) is 1. The molecule has 0 aromatic rings. The van der Waals surface area contributed by atoms with E-state index in [0.717, 1.165) is 6.54 Å². The number of rotatable bonds is 4. The molecular formula is C10H20N2O2. The van der Waals surface area contributed by atoms with Gasteiger partial charge in [0.25, 0.3) is 0 Å². The monoisotopic (exact) mass is 200 g/mol. The number of hydrogen-bond donors (Lipinski definition) is 1. The van der Waals surface area contributed by atoms with E-state index >= 15 is 0 Å². The van der Waals surface area contributed by atoms with E-state index in [2.05, 4.69) is 10.2 Å². The average Bonchev–Trinajstić information content (AvgIpc) is 2.55. The lowest BCUT2D eigenvalue weighted by atomic mass is 10.4. The quantitative estimate of drug-likeness (QED) is 0.742. The summed E-state index contributed by atoms with van der Waals surface area (Å²) >= 11 is 0. The molecule has 0 unspecified atom stereocenters. The number of amides is 1. The van der Waals surface area contributed by atoms with Crippen LogP contribution in [0.15, 0.2) is 0 Å². The Bertz CT molecular complexity index is 177. The molecule has 0 radical (unpaired) electrons. The molecule has 4 heteroatoms. The van der Waals surface area contributed by atoms with Crippen LogP contribution >= 0.6 is 0 Å². The molecule has 82 valence electrons. The van der Waals surface area contributed by atoms with Crippen LogP contribution in [-0.4, -0.2) is 43.3 Å². The summed E-state index contributed by atoms with van der Waals surface area (Å²) in [4.78, 5) is 13.4. The Morgan fingerprint density at radius 2 is 2.07 bits per heavy atom. The molecule has 0 bridgehead atoms. The van der Waals surface area contributed by atoms with E-state index in [1.54, 1.807) is 0 Å². The van der Waals surface area contributed by atoms with E-state index in [9.17, 15) is 4.79 Å². The van der Waals surface area contributed by atoms with Gasteiger partial charge in [-0.3, -0.25) is 0 Å². The second kappa shape index (κ2) is 5.86. The predicted octanol–water partition coefficient (Wildman–Crippen LogP) is 1.22. The number of ether oxygens (including phenoxy) is 1. The summed E-state index contributed by atoms with van der Waals surface area (Å²) in [5, 5.41) is 2.74. The summed E-state index contributed by atoms with van der Waals surface area (Å²) in [6.45, 7) is 7.65. The molecule has 0 spiro atoms. The van der Waals surface area contributed by atoms with Crippen LogP contribution in [0.5, 0.6) is 0 Å². The maximum Gasteiger partial charge on any atom is 0.407 e. The maximum absolute atomic E-state index is 11.1. The van der Waals surface area contributed by atoms with E-state index in [1.807, 2.05) is 13.8 Å². The van der Waals surface area contributed by atoms with Crippen LogP contribution in [-0.2, 0) is 4.74 Å². The Balaban J connectivity index is 1.99. The highest BCUT2D eigenvalue weighted by Crippen LogP contribution is 2.05. The minimum Gasteiger partial charge on any atom is -0.447 e. The summed E-state index contributed by atoms with van der Waals surface area (Å²) in [5.74, 6) is 0. The largest absolute Gasteiger partial charge is 0.447 e. The molecule has 1 fully saturated rings. The zero-order valence-corrected chi connectivity index (χ0v) is 9.08. The highest BCUT2D eigenvalue weighted by atomic mass is 16.6. The lowest BCUT2D eigenvalue weighted by Crippen LogP contribution is -2.34. The predicted molar refractivity (Wildman–Crippen MR) is 55.3 cm³/mol. The molecule has 0 aromatic heterocycles. The van der Waals surface area contributed by atoms with Gasteiger partial charge in [0.1, 0.15) is 0 Å². The standard InChI is InChI=1S/C10H20N2O2/c1-9(2)14-10(13)11-5-8-12-6-3-4-7-12/h9H,3-8H2,1-2H3,(H,11,13). The Kier molecular flexibility index (Phi) is 4.73. The molecule has 0 saturated carbocycles. The van der Waals surface area contributed by atoms with Crippen LogP contribution in [0.3, 0.4) is 0 Å². The Morgan fingerprint density at radius 3 is 2.64 bits per heavy atom. The van der Waals surface area contributed by atoms with Crippen LogP contribution in [0.4, 0.5) is 4.79 Å². The van der Waals surface area contributed by atoms with Crippen LogP contribution in [0.25, 0.3) is 0 Å². The summed E-state index contributed by atoms with van der Waals surface area (Å²) in [7, 11) is 0. The molecule has 14 heavy (non-hydrogen) atoms. The van der Waals surface area contributed by atoms with Crippen molar-refractivity contribution < 1.29 is 9.53 Å². The van der Waals surface area contributed by atoms with Crippen molar-refractivity contribution in [2.45, 2.75) is 32.8 Å². The Morgan fingerprint density at radius 1 is 1.43 bits per heavy atom. The third-order valence-corrected chi connectivity index (χ3v) is 2.24. The zero-order valence-electron chi connectivity index (χ0n) is 9.08. The van der Waals surface area contributed by atoms with Crippen molar-refractivity contribution in [1.29, 1.82) is 0 Å². The summed E-state index contributed by atoms with van der Waals surface area (Å²) in [6.07, 6.45) is 2.23. The van der Waals surface area contributed by atoms with Gasteiger partial charge in [-0.05, 0) is 39.8 Å². The van der Waals surface area contributed by atoms with Crippen molar-refractivity contribution in [2.24, 2.45) is 0 Å².